The van der Waals surface area contributed by atoms with E-state index in [0.717, 1.165) is 12.1 Å². The van der Waals surface area contributed by atoms with Gasteiger partial charge in [0, 0.05) is 13.8 Å². The zero-order valence-electron chi connectivity index (χ0n) is 15.4. The number of hydrogen-bond acceptors (Lipinski definition) is 8. The zero-order valence-corrected chi connectivity index (χ0v) is 21.5. The molecule has 152 valence electrons. The summed E-state index contributed by atoms with van der Waals surface area (Å²) in [6, 6.07) is 10.9. The van der Waals surface area contributed by atoms with Gasteiger partial charge in [-0.1, -0.05) is 24.3 Å². The zero-order chi connectivity index (χ0) is 21.5. The third-order valence-corrected chi connectivity index (χ3v) is 4.72. The number of anilines is 2. The molecule has 0 aromatic heterocycles. The number of carbonyl (C=O) groups is 2. The van der Waals surface area contributed by atoms with Gasteiger partial charge in [-0.25, -0.2) is 16.8 Å². The Labute approximate surface area is 208 Å². The minimum Gasteiger partial charge on any atom is -0.744 e. The van der Waals surface area contributed by atoms with Gasteiger partial charge in [0.25, 0.3) is 0 Å². The van der Waals surface area contributed by atoms with Crippen LogP contribution >= 0.6 is 0 Å². The van der Waals surface area contributed by atoms with Crippen molar-refractivity contribution in [3.8, 4) is 0 Å². The van der Waals surface area contributed by atoms with Crippen molar-refractivity contribution in [1.82, 2.24) is 0 Å². The molecule has 0 aliphatic carbocycles. The molecule has 0 spiro atoms. The van der Waals surface area contributed by atoms with E-state index in [4.69, 9.17) is 0 Å². The van der Waals surface area contributed by atoms with Crippen LogP contribution in [0.15, 0.2) is 58.3 Å². The number of para-hydroxylation sites is 2. The fraction of sp³-hybridized carbons (Fsp3) is 0.125. The maximum absolute atomic E-state index is 10.7. The molecule has 0 saturated heterocycles. The van der Waals surface area contributed by atoms with Crippen LogP contribution in [0.3, 0.4) is 0 Å². The Hall–Kier alpha value is -1.23. The van der Waals surface area contributed by atoms with Gasteiger partial charge < -0.3 is 19.7 Å². The molecule has 0 fully saturated rings. The molecule has 13 heteroatoms. The van der Waals surface area contributed by atoms with Crippen LogP contribution in [0.25, 0.3) is 0 Å². The summed E-state index contributed by atoms with van der Waals surface area (Å²) in [5.74, 6) is -0.859. The van der Waals surface area contributed by atoms with E-state index in [1.54, 1.807) is 0 Å². The molecule has 0 aliphatic rings. The van der Waals surface area contributed by atoms with Crippen molar-refractivity contribution in [2.75, 3.05) is 10.6 Å². The number of amides is 2. The van der Waals surface area contributed by atoms with Crippen LogP contribution in [-0.2, 0) is 29.8 Å². The molecule has 0 unspecified atom stereocenters. The summed E-state index contributed by atoms with van der Waals surface area (Å²) in [4.78, 5) is 20.5. The van der Waals surface area contributed by atoms with Gasteiger partial charge in [-0.3, -0.25) is 9.59 Å². The minimum atomic E-state index is -4.54. The van der Waals surface area contributed by atoms with Gasteiger partial charge in [0.05, 0.1) is 21.2 Å². The summed E-state index contributed by atoms with van der Waals surface area (Å²) in [5, 5.41) is 4.52. The van der Waals surface area contributed by atoms with Crippen LogP contribution in [0.1, 0.15) is 13.8 Å². The van der Waals surface area contributed by atoms with E-state index < -0.39 is 41.8 Å². The SMILES string of the molecule is CC(=O)Nc1ccccc1S(=O)(=O)[O-].CC(=O)Nc1ccccc1S(=O)(=O)[O-].[Ba+2]. The Balaban J connectivity index is 0.000000523. The van der Waals surface area contributed by atoms with Gasteiger partial charge in [0.2, 0.25) is 11.8 Å². The van der Waals surface area contributed by atoms with Crippen molar-refractivity contribution >= 4 is 92.3 Å². The smallest absolute Gasteiger partial charge is 0.744 e. The minimum absolute atomic E-state index is 0. The molecule has 2 rings (SSSR count). The van der Waals surface area contributed by atoms with E-state index in [-0.39, 0.29) is 60.3 Å². The summed E-state index contributed by atoms with van der Waals surface area (Å²) in [6.07, 6.45) is 0. The van der Waals surface area contributed by atoms with Gasteiger partial charge in [0.1, 0.15) is 20.2 Å². The summed E-state index contributed by atoms with van der Waals surface area (Å²) in [6.45, 7) is 2.46. The van der Waals surface area contributed by atoms with E-state index in [0.29, 0.717) is 0 Å². The molecule has 0 heterocycles. The molecular formula is C16H16BaN2O8S2. The van der Waals surface area contributed by atoms with Crippen LogP contribution in [0.2, 0.25) is 0 Å². The van der Waals surface area contributed by atoms with Gasteiger partial charge in [-0.15, -0.1) is 0 Å². The first-order valence-corrected chi connectivity index (χ1v) is 10.3. The normalized spacial score (nSPS) is 10.6. The number of rotatable bonds is 4. The molecule has 2 aromatic rings. The van der Waals surface area contributed by atoms with Crippen LogP contribution in [-0.4, -0.2) is 86.6 Å². The fourth-order valence-electron chi connectivity index (χ4n) is 1.96. The second-order valence-corrected chi connectivity index (χ2v) is 7.96. The number of benzene rings is 2. The second-order valence-electron chi connectivity index (χ2n) is 5.26. The third kappa shape index (κ3) is 9.88. The summed E-state index contributed by atoms with van der Waals surface area (Å²) in [7, 11) is -9.09. The van der Waals surface area contributed by atoms with Crippen molar-refractivity contribution in [2.24, 2.45) is 0 Å². The van der Waals surface area contributed by atoms with Crippen LogP contribution in [0, 0.1) is 0 Å². The van der Waals surface area contributed by atoms with E-state index in [2.05, 4.69) is 10.6 Å². The fourth-order valence-corrected chi connectivity index (χ4v) is 3.22. The van der Waals surface area contributed by atoms with Crippen LogP contribution in [0.5, 0.6) is 0 Å². The number of nitrogens with one attached hydrogen (secondary N) is 2. The van der Waals surface area contributed by atoms with Gasteiger partial charge >= 0.3 is 48.9 Å². The topological polar surface area (TPSA) is 173 Å². The largest absolute Gasteiger partial charge is 2.00 e. The Morgan fingerprint density at radius 3 is 1.21 bits per heavy atom. The van der Waals surface area contributed by atoms with Crippen molar-refractivity contribution in [1.29, 1.82) is 0 Å². The molecule has 2 N–H and O–H groups in total. The molecule has 0 atom stereocenters. The Bertz CT molecular complexity index is 998. The first-order valence-electron chi connectivity index (χ1n) is 7.47. The van der Waals surface area contributed by atoms with E-state index >= 15 is 0 Å². The van der Waals surface area contributed by atoms with E-state index in [9.17, 15) is 35.5 Å². The Morgan fingerprint density at radius 2 is 0.966 bits per heavy atom. The maximum Gasteiger partial charge on any atom is 2.00 e. The molecule has 0 saturated carbocycles. The van der Waals surface area contributed by atoms with Gasteiger partial charge in [-0.05, 0) is 24.3 Å². The number of hydrogen-bond donors (Lipinski definition) is 2. The molecule has 0 aliphatic heterocycles. The Kier molecular flexibility index (Phi) is 11.3. The van der Waals surface area contributed by atoms with Gasteiger partial charge in [0.15, 0.2) is 0 Å². The van der Waals surface area contributed by atoms with Crippen molar-refractivity contribution in [3.63, 3.8) is 0 Å². The predicted molar refractivity (Wildman–Crippen MR) is 103 cm³/mol. The average molecular weight is 566 g/mol. The first-order chi connectivity index (χ1) is 12.8. The molecule has 10 nitrogen and oxygen atoms in total. The second kappa shape index (κ2) is 11.8. The molecule has 2 amide bonds. The summed E-state index contributed by atoms with van der Waals surface area (Å²) in [5.41, 5.74) is 0.0185. The monoisotopic (exact) mass is 566 g/mol. The van der Waals surface area contributed by atoms with Gasteiger partial charge in [-0.2, -0.15) is 0 Å². The van der Waals surface area contributed by atoms with Crippen molar-refractivity contribution in [3.05, 3.63) is 48.5 Å². The molecule has 29 heavy (non-hydrogen) atoms. The van der Waals surface area contributed by atoms with Crippen molar-refractivity contribution < 1.29 is 35.5 Å². The van der Waals surface area contributed by atoms with Crippen molar-refractivity contribution in [2.45, 2.75) is 23.6 Å². The summed E-state index contributed by atoms with van der Waals surface area (Å²) >= 11 is 0. The molecule has 0 bridgehead atoms. The summed E-state index contributed by atoms with van der Waals surface area (Å²) < 4.78 is 64.4. The average Bonchev–Trinajstić information content (AvgIpc) is 2.53. The number of carbonyl (C=O) groups excluding carboxylic acids is 2. The van der Waals surface area contributed by atoms with Crippen LogP contribution in [0.4, 0.5) is 11.4 Å². The Morgan fingerprint density at radius 1 is 0.690 bits per heavy atom. The van der Waals surface area contributed by atoms with E-state index in [1.807, 2.05) is 0 Å². The molecule has 2 aromatic carbocycles. The quantitative estimate of drug-likeness (QED) is 0.403. The first kappa shape index (κ1) is 27.8. The maximum atomic E-state index is 10.7. The molecular weight excluding hydrogens is 550 g/mol. The molecule has 0 radical (unpaired) electrons. The third-order valence-electron chi connectivity index (χ3n) is 2.93. The standard InChI is InChI=1S/2C8H9NO4S.Ba/c2*1-6(10)9-7-4-2-3-5-8(7)14(11,12)13;/h2*2-5H,1H3,(H,9,10)(H,11,12,13);/q;;+2/p-2. The van der Waals surface area contributed by atoms with Crippen LogP contribution < -0.4 is 10.6 Å². The van der Waals surface area contributed by atoms with E-state index in [1.165, 1.54) is 50.2 Å². The predicted octanol–water partition coefficient (Wildman–Crippen LogP) is 0.717.